The van der Waals surface area contributed by atoms with Crippen LogP contribution in [-0.4, -0.2) is 31.1 Å². The van der Waals surface area contributed by atoms with Crippen molar-refractivity contribution >= 4 is 11.3 Å². The van der Waals surface area contributed by atoms with Crippen molar-refractivity contribution in [2.45, 2.75) is 32.2 Å². The minimum Gasteiger partial charge on any atom is -0.308 e. The monoisotopic (exact) mass is 238 g/mol. The maximum absolute atomic E-state index is 3.60. The lowest BCUT2D eigenvalue weighted by molar-refractivity contribution is 0.227. The molecular formula is C13H22N2S. The number of nitrogens with one attached hydrogen (secondary N) is 1. The highest BCUT2D eigenvalue weighted by Crippen LogP contribution is 2.17. The third-order valence-corrected chi connectivity index (χ3v) is 4.35. The Balaban J connectivity index is 1.63. The van der Waals surface area contributed by atoms with Crippen molar-refractivity contribution < 1.29 is 0 Å². The van der Waals surface area contributed by atoms with E-state index in [0.717, 1.165) is 6.54 Å². The average molecular weight is 238 g/mol. The number of piperidine rings is 1. The van der Waals surface area contributed by atoms with Crippen LogP contribution in [0, 0.1) is 0 Å². The van der Waals surface area contributed by atoms with E-state index in [0.29, 0.717) is 6.04 Å². The predicted molar refractivity (Wildman–Crippen MR) is 71.0 cm³/mol. The molecule has 1 unspecified atom stereocenters. The lowest BCUT2D eigenvalue weighted by Gasteiger charge is -2.27. The zero-order valence-electron chi connectivity index (χ0n) is 10.1. The molecule has 1 aliphatic heterocycles. The van der Waals surface area contributed by atoms with E-state index in [-0.39, 0.29) is 0 Å². The Hall–Kier alpha value is -0.380. The number of rotatable bonds is 5. The van der Waals surface area contributed by atoms with E-state index in [4.69, 9.17) is 0 Å². The summed E-state index contributed by atoms with van der Waals surface area (Å²) < 4.78 is 0. The second-order valence-electron chi connectivity index (χ2n) is 4.59. The summed E-state index contributed by atoms with van der Waals surface area (Å²) in [5.41, 5.74) is 0. The van der Waals surface area contributed by atoms with Crippen LogP contribution in [0.2, 0.25) is 0 Å². The molecule has 1 aromatic rings. The molecule has 1 fully saturated rings. The molecule has 2 nitrogen and oxygen atoms in total. The Kier molecular flexibility index (Phi) is 4.82. The fourth-order valence-electron chi connectivity index (χ4n) is 2.26. The molecule has 1 atom stereocenters. The topological polar surface area (TPSA) is 15.3 Å². The fraction of sp³-hybridized carbons (Fsp3) is 0.692. The van der Waals surface area contributed by atoms with Gasteiger partial charge in [-0.25, -0.2) is 0 Å². The molecule has 0 saturated carbocycles. The minimum absolute atomic E-state index is 0.504. The molecule has 0 bridgehead atoms. The Morgan fingerprint density at radius 3 is 2.88 bits per heavy atom. The molecule has 2 heterocycles. The van der Waals surface area contributed by atoms with Crippen LogP contribution in [-0.2, 0) is 0 Å². The van der Waals surface area contributed by atoms with Gasteiger partial charge in [0.1, 0.15) is 0 Å². The summed E-state index contributed by atoms with van der Waals surface area (Å²) in [6.07, 6.45) is 4.20. The summed E-state index contributed by atoms with van der Waals surface area (Å²) in [5, 5.41) is 5.75. The van der Waals surface area contributed by atoms with Crippen LogP contribution in [0.3, 0.4) is 0 Å². The van der Waals surface area contributed by atoms with Crippen molar-refractivity contribution in [3.63, 3.8) is 0 Å². The molecule has 16 heavy (non-hydrogen) atoms. The van der Waals surface area contributed by atoms with Gasteiger partial charge in [-0.1, -0.05) is 12.5 Å². The number of nitrogens with zero attached hydrogens (tertiary/aromatic N) is 1. The average Bonchev–Trinajstić information content (AvgIpc) is 2.84. The summed E-state index contributed by atoms with van der Waals surface area (Å²) in [5.74, 6) is 0. The van der Waals surface area contributed by atoms with E-state index in [2.05, 4.69) is 34.7 Å². The Labute approximate surface area is 103 Å². The lowest BCUT2D eigenvalue weighted by atomic mass is 10.1. The third kappa shape index (κ3) is 3.58. The van der Waals surface area contributed by atoms with Gasteiger partial charge in [-0.2, -0.15) is 0 Å². The van der Waals surface area contributed by atoms with Crippen molar-refractivity contribution in [3.8, 4) is 0 Å². The van der Waals surface area contributed by atoms with Crippen LogP contribution in [0.25, 0.3) is 0 Å². The normalized spacial score (nSPS) is 19.8. The molecule has 2 rings (SSSR count). The summed E-state index contributed by atoms with van der Waals surface area (Å²) in [7, 11) is 0. The van der Waals surface area contributed by atoms with Crippen molar-refractivity contribution in [2.75, 3.05) is 26.2 Å². The van der Waals surface area contributed by atoms with Crippen LogP contribution >= 0.6 is 11.3 Å². The zero-order valence-corrected chi connectivity index (χ0v) is 10.9. The smallest absolute Gasteiger partial charge is 0.0386 e. The standard InChI is InChI=1S/C13H22N2S/c1-12(13-6-5-11-16-13)14-7-10-15-8-3-2-4-9-15/h5-6,11-12,14H,2-4,7-10H2,1H3. The van der Waals surface area contributed by atoms with Gasteiger partial charge in [0, 0.05) is 24.0 Å². The highest BCUT2D eigenvalue weighted by molar-refractivity contribution is 7.10. The molecule has 0 aromatic carbocycles. The van der Waals surface area contributed by atoms with E-state index in [1.54, 1.807) is 0 Å². The van der Waals surface area contributed by atoms with Crippen molar-refractivity contribution in [1.29, 1.82) is 0 Å². The molecule has 1 saturated heterocycles. The number of thiophene rings is 1. The first kappa shape index (κ1) is 12.1. The maximum atomic E-state index is 3.60. The molecule has 0 spiro atoms. The number of likely N-dealkylation sites (tertiary alicyclic amines) is 1. The molecule has 1 N–H and O–H groups in total. The largest absolute Gasteiger partial charge is 0.308 e. The van der Waals surface area contributed by atoms with Gasteiger partial charge in [0.25, 0.3) is 0 Å². The molecule has 0 aliphatic carbocycles. The van der Waals surface area contributed by atoms with Crippen LogP contribution in [0.1, 0.15) is 37.1 Å². The van der Waals surface area contributed by atoms with E-state index < -0.39 is 0 Å². The molecular weight excluding hydrogens is 216 g/mol. The van der Waals surface area contributed by atoms with Crippen LogP contribution in [0.4, 0.5) is 0 Å². The number of hydrogen-bond donors (Lipinski definition) is 1. The summed E-state index contributed by atoms with van der Waals surface area (Å²) in [6.45, 7) is 7.17. The SMILES string of the molecule is CC(NCCN1CCCCC1)c1cccs1. The van der Waals surface area contributed by atoms with E-state index >= 15 is 0 Å². The van der Waals surface area contributed by atoms with Crippen LogP contribution in [0.5, 0.6) is 0 Å². The Bertz CT molecular complexity index is 278. The first-order valence-electron chi connectivity index (χ1n) is 6.35. The van der Waals surface area contributed by atoms with Gasteiger partial charge in [0.2, 0.25) is 0 Å². The van der Waals surface area contributed by atoms with Crippen molar-refractivity contribution in [1.82, 2.24) is 10.2 Å². The Morgan fingerprint density at radius 2 is 2.19 bits per heavy atom. The van der Waals surface area contributed by atoms with Gasteiger partial charge < -0.3 is 10.2 Å². The minimum atomic E-state index is 0.504. The van der Waals surface area contributed by atoms with Gasteiger partial charge in [-0.15, -0.1) is 11.3 Å². The van der Waals surface area contributed by atoms with E-state index in [9.17, 15) is 0 Å². The molecule has 3 heteroatoms. The highest BCUT2D eigenvalue weighted by atomic mass is 32.1. The first-order valence-corrected chi connectivity index (χ1v) is 7.23. The molecule has 1 aromatic heterocycles. The fourth-order valence-corrected chi connectivity index (χ4v) is 3.02. The Morgan fingerprint density at radius 1 is 1.38 bits per heavy atom. The van der Waals surface area contributed by atoms with Gasteiger partial charge in [-0.3, -0.25) is 0 Å². The quantitative estimate of drug-likeness (QED) is 0.848. The molecule has 1 aliphatic rings. The van der Waals surface area contributed by atoms with E-state index in [1.807, 2.05) is 11.3 Å². The van der Waals surface area contributed by atoms with Crippen molar-refractivity contribution in [3.05, 3.63) is 22.4 Å². The van der Waals surface area contributed by atoms with Gasteiger partial charge >= 0.3 is 0 Å². The summed E-state index contributed by atoms with van der Waals surface area (Å²) in [4.78, 5) is 4.02. The first-order chi connectivity index (χ1) is 7.86. The van der Waals surface area contributed by atoms with Crippen LogP contribution < -0.4 is 5.32 Å². The molecule has 90 valence electrons. The lowest BCUT2D eigenvalue weighted by Crippen LogP contribution is -2.36. The van der Waals surface area contributed by atoms with Crippen molar-refractivity contribution in [2.24, 2.45) is 0 Å². The second-order valence-corrected chi connectivity index (χ2v) is 5.57. The second kappa shape index (κ2) is 6.38. The summed E-state index contributed by atoms with van der Waals surface area (Å²) >= 11 is 1.84. The molecule has 0 amide bonds. The van der Waals surface area contributed by atoms with E-state index in [1.165, 1.54) is 43.8 Å². The third-order valence-electron chi connectivity index (χ3n) is 3.30. The number of hydrogen-bond acceptors (Lipinski definition) is 3. The highest BCUT2D eigenvalue weighted by Gasteiger charge is 2.10. The maximum Gasteiger partial charge on any atom is 0.0386 e. The van der Waals surface area contributed by atoms with Gasteiger partial charge in [0.05, 0.1) is 0 Å². The predicted octanol–water partition coefficient (Wildman–Crippen LogP) is 2.88. The van der Waals surface area contributed by atoms with Gasteiger partial charge in [-0.05, 0) is 44.3 Å². The van der Waals surface area contributed by atoms with Gasteiger partial charge in [0.15, 0.2) is 0 Å². The summed E-state index contributed by atoms with van der Waals surface area (Å²) in [6, 6.07) is 4.84. The van der Waals surface area contributed by atoms with Crippen LogP contribution in [0.15, 0.2) is 17.5 Å². The zero-order chi connectivity index (χ0) is 11.2. The molecule has 0 radical (unpaired) electrons.